The molecule has 1 aliphatic heterocycles. The maximum absolute atomic E-state index is 13.2. The second kappa shape index (κ2) is 10.0. The number of nitrogens with one attached hydrogen (secondary N) is 1. The molecule has 1 aliphatic rings. The van der Waals surface area contributed by atoms with E-state index in [1.165, 1.54) is 17.2 Å². The second-order valence-corrected chi connectivity index (χ2v) is 7.93. The van der Waals surface area contributed by atoms with E-state index in [2.05, 4.69) is 9.72 Å². The highest BCUT2D eigenvalue weighted by atomic mass is 32.2. The lowest BCUT2D eigenvalue weighted by atomic mass is 10.1. The molecule has 15 heteroatoms. The minimum Gasteiger partial charge on any atom is -0.404 e. The van der Waals surface area contributed by atoms with Crippen LogP contribution in [0.3, 0.4) is 0 Å². The van der Waals surface area contributed by atoms with Crippen LogP contribution >= 0.6 is 0 Å². The van der Waals surface area contributed by atoms with Gasteiger partial charge in [0.15, 0.2) is 5.75 Å². The summed E-state index contributed by atoms with van der Waals surface area (Å²) in [5.74, 6) is -1.54. The van der Waals surface area contributed by atoms with Crippen molar-refractivity contribution in [3.63, 3.8) is 0 Å². The van der Waals surface area contributed by atoms with Gasteiger partial charge in [-0.2, -0.15) is 13.2 Å². The van der Waals surface area contributed by atoms with Crippen molar-refractivity contribution in [3.8, 4) is 5.75 Å². The van der Waals surface area contributed by atoms with Crippen LogP contribution in [0.2, 0.25) is 0 Å². The van der Waals surface area contributed by atoms with Crippen LogP contribution in [-0.2, 0) is 23.6 Å². The van der Waals surface area contributed by atoms with Gasteiger partial charge < -0.3 is 9.64 Å². The van der Waals surface area contributed by atoms with Crippen molar-refractivity contribution >= 4 is 22.5 Å². The summed E-state index contributed by atoms with van der Waals surface area (Å²) in [4.78, 5) is 19.6. The van der Waals surface area contributed by atoms with E-state index in [-0.39, 0.29) is 44.0 Å². The Kier molecular flexibility index (Phi) is 7.55. The van der Waals surface area contributed by atoms with Crippen molar-refractivity contribution in [2.24, 2.45) is 0 Å². The lowest BCUT2D eigenvalue weighted by molar-refractivity contribution is -0.274. The third-order valence-electron chi connectivity index (χ3n) is 4.89. The highest BCUT2D eigenvalue weighted by molar-refractivity contribution is 7.73. The number of hydrogen-bond donors (Lipinski definition) is 2. The molecular weight excluding hydrogens is 494 g/mol. The number of alkyl halides is 6. The molecule has 1 fully saturated rings. The number of ether oxygens (including phenoxy) is 1. The van der Waals surface area contributed by atoms with E-state index >= 15 is 0 Å². The molecule has 1 N–H and O–H groups in total. The van der Waals surface area contributed by atoms with Crippen LogP contribution < -0.4 is 9.46 Å². The number of nitrogens with zero attached hydrogens (tertiary/aromatic N) is 3. The lowest BCUT2D eigenvalue weighted by Gasteiger charge is -2.35. The standard InChI is InChI=1S/C19H18F6N4O4S/c20-18(21,22)13-2-1-5-26-15(13)11-28-6-8-29(9-7-28)17(30)12-3-4-14(27-34(31)32)16(10-12)33-19(23,24)25/h1-5,10,34H,6-9,11H2,(H,27,31,32). The molecule has 0 aliphatic carbocycles. The monoisotopic (exact) mass is 512 g/mol. The van der Waals surface area contributed by atoms with E-state index in [0.29, 0.717) is 0 Å². The van der Waals surface area contributed by atoms with E-state index in [0.717, 1.165) is 24.3 Å². The highest BCUT2D eigenvalue weighted by Gasteiger charge is 2.35. The number of piperazine rings is 1. The highest BCUT2D eigenvalue weighted by Crippen LogP contribution is 2.33. The first-order valence-electron chi connectivity index (χ1n) is 9.67. The molecule has 0 bridgehead atoms. The Labute approximate surface area is 191 Å². The van der Waals surface area contributed by atoms with Gasteiger partial charge in [-0.3, -0.25) is 19.4 Å². The number of carbonyl (C=O) groups is 1. The Balaban J connectivity index is 1.69. The molecular formula is C19H18F6N4O4S. The lowest BCUT2D eigenvalue weighted by Crippen LogP contribution is -2.48. The van der Waals surface area contributed by atoms with E-state index in [9.17, 15) is 39.6 Å². The smallest absolute Gasteiger partial charge is 0.404 e. The Morgan fingerprint density at radius 3 is 2.32 bits per heavy atom. The number of benzene rings is 1. The summed E-state index contributed by atoms with van der Waals surface area (Å²) in [6.45, 7) is 0.544. The Bertz CT molecular complexity index is 1110. The van der Waals surface area contributed by atoms with Crippen LogP contribution in [0.1, 0.15) is 21.6 Å². The summed E-state index contributed by atoms with van der Waals surface area (Å²) in [6.07, 6.45) is -8.43. The van der Waals surface area contributed by atoms with Gasteiger partial charge in [-0.25, -0.2) is 8.42 Å². The van der Waals surface area contributed by atoms with E-state index in [1.54, 1.807) is 9.62 Å². The van der Waals surface area contributed by atoms with Crippen LogP contribution in [-0.4, -0.2) is 61.7 Å². The third kappa shape index (κ3) is 6.72. The van der Waals surface area contributed by atoms with Crippen molar-refractivity contribution in [1.82, 2.24) is 14.8 Å². The summed E-state index contributed by atoms with van der Waals surface area (Å²) in [5.41, 5.74) is -1.67. The van der Waals surface area contributed by atoms with Crippen LogP contribution in [0.4, 0.5) is 32.0 Å². The number of thiol groups is 1. The number of pyridine rings is 1. The average Bonchev–Trinajstić information content (AvgIpc) is 2.73. The number of carbonyl (C=O) groups excluding carboxylic acids is 1. The Morgan fingerprint density at radius 2 is 1.74 bits per heavy atom. The summed E-state index contributed by atoms with van der Waals surface area (Å²) >= 11 is 0. The SMILES string of the molecule is O=C(c1ccc(N[SH](=O)=O)c(OC(F)(F)F)c1)N1CCN(Cc2ncccc2C(F)(F)F)CC1. The van der Waals surface area contributed by atoms with E-state index < -0.39 is 46.3 Å². The zero-order valence-corrected chi connectivity index (χ0v) is 18.1. The van der Waals surface area contributed by atoms with Crippen LogP contribution in [0.25, 0.3) is 0 Å². The molecule has 2 aromatic rings. The molecule has 0 radical (unpaired) electrons. The van der Waals surface area contributed by atoms with Crippen LogP contribution in [0.5, 0.6) is 5.75 Å². The van der Waals surface area contributed by atoms with Crippen LogP contribution in [0.15, 0.2) is 36.5 Å². The number of rotatable bonds is 6. The zero-order valence-electron chi connectivity index (χ0n) is 17.2. The number of aromatic nitrogens is 1. The normalized spacial score (nSPS) is 15.4. The maximum Gasteiger partial charge on any atom is 0.573 e. The van der Waals surface area contributed by atoms with Crippen molar-refractivity contribution in [2.45, 2.75) is 19.1 Å². The second-order valence-electron chi connectivity index (χ2n) is 7.19. The largest absolute Gasteiger partial charge is 0.573 e. The average molecular weight is 512 g/mol. The number of amides is 1. The zero-order chi connectivity index (χ0) is 25.1. The number of hydrogen-bond acceptors (Lipinski definition) is 6. The van der Waals surface area contributed by atoms with Gasteiger partial charge in [-0.15, -0.1) is 13.2 Å². The Hall–Kier alpha value is -3.07. The van der Waals surface area contributed by atoms with Gasteiger partial charge in [0.25, 0.3) is 5.91 Å². The minimum absolute atomic E-state index is 0.0883. The molecule has 0 atom stereocenters. The van der Waals surface area contributed by atoms with Crippen molar-refractivity contribution < 1.29 is 44.3 Å². The molecule has 8 nitrogen and oxygen atoms in total. The topological polar surface area (TPSA) is 91.8 Å². The summed E-state index contributed by atoms with van der Waals surface area (Å²) in [7, 11) is -3.28. The summed E-state index contributed by atoms with van der Waals surface area (Å²) in [5, 5.41) is 0. The van der Waals surface area contributed by atoms with Gasteiger partial charge in [0.1, 0.15) is 0 Å². The Morgan fingerprint density at radius 1 is 1.06 bits per heavy atom. The number of halogens is 6. The first kappa shape index (κ1) is 25.6. The van der Waals surface area contributed by atoms with Gasteiger partial charge in [-0.1, -0.05) is 0 Å². The molecule has 0 spiro atoms. The fourth-order valence-electron chi connectivity index (χ4n) is 3.38. The van der Waals surface area contributed by atoms with Gasteiger partial charge in [0.2, 0.25) is 10.9 Å². The first-order chi connectivity index (χ1) is 15.8. The quantitative estimate of drug-likeness (QED) is 0.457. The predicted octanol–water partition coefficient (Wildman–Crippen LogP) is 2.90. The molecule has 1 aromatic heterocycles. The fourth-order valence-corrected chi connectivity index (χ4v) is 3.76. The molecule has 1 aromatic carbocycles. The van der Waals surface area contributed by atoms with Gasteiger partial charge in [0, 0.05) is 44.5 Å². The summed E-state index contributed by atoms with van der Waals surface area (Å²) in [6, 6.07) is 5.00. The maximum atomic E-state index is 13.2. The van der Waals surface area contributed by atoms with E-state index in [1.807, 2.05) is 0 Å². The van der Waals surface area contributed by atoms with Crippen LogP contribution in [0, 0.1) is 0 Å². The minimum atomic E-state index is -5.13. The van der Waals surface area contributed by atoms with Gasteiger partial charge >= 0.3 is 12.5 Å². The number of anilines is 1. The molecule has 34 heavy (non-hydrogen) atoms. The molecule has 1 amide bonds. The van der Waals surface area contributed by atoms with Gasteiger partial charge in [0.05, 0.1) is 16.9 Å². The fraction of sp³-hybridized carbons (Fsp3) is 0.368. The van der Waals surface area contributed by atoms with Crippen molar-refractivity contribution in [2.75, 3.05) is 30.9 Å². The first-order valence-corrected chi connectivity index (χ1v) is 10.8. The molecule has 1 saturated heterocycles. The molecule has 0 saturated carbocycles. The molecule has 3 rings (SSSR count). The molecule has 0 unspecified atom stereocenters. The molecule has 2 heterocycles. The summed E-state index contributed by atoms with van der Waals surface area (Å²) < 4.78 is 105. The van der Waals surface area contributed by atoms with Crippen molar-refractivity contribution in [3.05, 3.63) is 53.3 Å². The third-order valence-corrected chi connectivity index (χ3v) is 5.32. The van der Waals surface area contributed by atoms with Gasteiger partial charge in [-0.05, 0) is 30.3 Å². The van der Waals surface area contributed by atoms with E-state index in [4.69, 9.17) is 0 Å². The molecule has 186 valence electrons. The van der Waals surface area contributed by atoms with Crippen molar-refractivity contribution in [1.29, 1.82) is 0 Å². The predicted molar refractivity (Wildman–Crippen MR) is 107 cm³/mol.